The van der Waals surface area contributed by atoms with Gasteiger partial charge in [-0.3, -0.25) is 10.1 Å². The molecule has 18 heavy (non-hydrogen) atoms. The maximum absolute atomic E-state index is 10.6. The molecule has 0 fully saturated rings. The molecule has 6 heteroatoms. The van der Waals surface area contributed by atoms with Crippen molar-refractivity contribution in [1.82, 2.24) is 0 Å². The fourth-order valence-corrected chi connectivity index (χ4v) is 1.33. The van der Waals surface area contributed by atoms with Crippen molar-refractivity contribution in [3.8, 4) is 5.75 Å². The van der Waals surface area contributed by atoms with Gasteiger partial charge in [-0.05, 0) is 5.92 Å². The second kappa shape index (κ2) is 6.80. The number of hydrogen-bond donors (Lipinski definition) is 1. The number of hydrogen-bond acceptors (Lipinski definition) is 5. The van der Waals surface area contributed by atoms with Crippen LogP contribution in [0.5, 0.6) is 5.75 Å². The second-order valence-corrected chi connectivity index (χ2v) is 4.33. The molecular formula is C12H18N2O4. The Morgan fingerprint density at radius 3 is 2.67 bits per heavy atom. The molecule has 0 aromatic heterocycles. The van der Waals surface area contributed by atoms with Crippen LogP contribution in [0, 0.1) is 16.0 Å². The highest BCUT2D eigenvalue weighted by molar-refractivity contribution is 5.53. The lowest BCUT2D eigenvalue weighted by Gasteiger charge is -2.09. The van der Waals surface area contributed by atoms with E-state index in [4.69, 9.17) is 15.2 Å². The SMILES string of the molecule is CC(C)COCCOc1cc(N)cc([N+](=O)[O-])c1. The molecule has 0 atom stereocenters. The summed E-state index contributed by atoms with van der Waals surface area (Å²) in [6, 6.07) is 4.19. The lowest BCUT2D eigenvalue weighted by Crippen LogP contribution is -2.10. The molecule has 0 saturated heterocycles. The van der Waals surface area contributed by atoms with Crippen LogP contribution in [0.1, 0.15) is 13.8 Å². The molecule has 100 valence electrons. The van der Waals surface area contributed by atoms with Crippen LogP contribution in [0.15, 0.2) is 18.2 Å². The van der Waals surface area contributed by atoms with E-state index in [1.807, 2.05) is 0 Å². The number of nitrogen functional groups attached to an aromatic ring is 1. The van der Waals surface area contributed by atoms with E-state index in [2.05, 4.69) is 13.8 Å². The van der Waals surface area contributed by atoms with E-state index in [0.29, 0.717) is 37.2 Å². The van der Waals surface area contributed by atoms with Crippen molar-refractivity contribution >= 4 is 11.4 Å². The summed E-state index contributed by atoms with van der Waals surface area (Å²) < 4.78 is 10.7. The second-order valence-electron chi connectivity index (χ2n) is 4.33. The molecule has 2 N–H and O–H groups in total. The van der Waals surface area contributed by atoms with Gasteiger partial charge < -0.3 is 15.2 Å². The molecule has 0 aliphatic heterocycles. The molecule has 0 aliphatic carbocycles. The first-order chi connectivity index (χ1) is 8.49. The van der Waals surface area contributed by atoms with Gasteiger partial charge in [-0.2, -0.15) is 0 Å². The summed E-state index contributed by atoms with van der Waals surface area (Å²) in [5.41, 5.74) is 5.78. The highest BCUT2D eigenvalue weighted by Crippen LogP contribution is 2.23. The average molecular weight is 254 g/mol. The van der Waals surface area contributed by atoms with Crippen molar-refractivity contribution in [2.45, 2.75) is 13.8 Å². The van der Waals surface area contributed by atoms with Crippen molar-refractivity contribution in [2.75, 3.05) is 25.6 Å². The van der Waals surface area contributed by atoms with Gasteiger partial charge in [0.25, 0.3) is 5.69 Å². The van der Waals surface area contributed by atoms with Crippen LogP contribution in [-0.2, 0) is 4.74 Å². The fourth-order valence-electron chi connectivity index (χ4n) is 1.33. The number of non-ortho nitro benzene ring substituents is 1. The molecule has 0 spiro atoms. The van der Waals surface area contributed by atoms with E-state index in [9.17, 15) is 10.1 Å². The van der Waals surface area contributed by atoms with Gasteiger partial charge in [0.2, 0.25) is 0 Å². The van der Waals surface area contributed by atoms with Crippen molar-refractivity contribution in [3.05, 3.63) is 28.3 Å². The number of nitrogens with zero attached hydrogens (tertiary/aromatic N) is 1. The van der Waals surface area contributed by atoms with Crippen molar-refractivity contribution in [3.63, 3.8) is 0 Å². The van der Waals surface area contributed by atoms with Crippen LogP contribution in [0.2, 0.25) is 0 Å². The topological polar surface area (TPSA) is 87.6 Å². The summed E-state index contributed by atoms with van der Waals surface area (Å²) in [7, 11) is 0. The number of nitro groups is 1. The molecule has 0 heterocycles. The zero-order valence-corrected chi connectivity index (χ0v) is 10.6. The summed E-state index contributed by atoms with van der Waals surface area (Å²) >= 11 is 0. The zero-order chi connectivity index (χ0) is 13.5. The summed E-state index contributed by atoms with van der Waals surface area (Å²) in [6.45, 7) is 5.57. The Balaban J connectivity index is 2.44. The molecule has 1 aromatic carbocycles. The monoisotopic (exact) mass is 254 g/mol. The zero-order valence-electron chi connectivity index (χ0n) is 10.6. The lowest BCUT2D eigenvalue weighted by atomic mass is 10.2. The first-order valence-electron chi connectivity index (χ1n) is 5.74. The number of anilines is 1. The standard InChI is InChI=1S/C12H18N2O4/c1-9(2)8-17-3-4-18-12-6-10(13)5-11(7-12)14(15)16/h5-7,9H,3-4,8,13H2,1-2H3. The molecular weight excluding hydrogens is 236 g/mol. The quantitative estimate of drug-likeness (QED) is 0.349. The van der Waals surface area contributed by atoms with Gasteiger partial charge in [0.05, 0.1) is 17.6 Å². The molecule has 0 unspecified atom stereocenters. The Morgan fingerprint density at radius 2 is 2.06 bits per heavy atom. The first-order valence-corrected chi connectivity index (χ1v) is 5.74. The predicted molar refractivity (Wildman–Crippen MR) is 68.7 cm³/mol. The lowest BCUT2D eigenvalue weighted by molar-refractivity contribution is -0.384. The maximum Gasteiger partial charge on any atom is 0.275 e. The first kappa shape index (κ1) is 14.2. The van der Waals surface area contributed by atoms with Crippen LogP contribution in [0.3, 0.4) is 0 Å². The van der Waals surface area contributed by atoms with Gasteiger partial charge >= 0.3 is 0 Å². The molecule has 0 bridgehead atoms. The summed E-state index contributed by atoms with van der Waals surface area (Å²) in [5.74, 6) is 0.855. The maximum atomic E-state index is 10.6. The third-order valence-electron chi connectivity index (χ3n) is 2.07. The Bertz CT molecular complexity index is 407. The Hall–Kier alpha value is -1.82. The summed E-state index contributed by atoms with van der Waals surface area (Å²) in [6.07, 6.45) is 0. The van der Waals surface area contributed by atoms with Gasteiger partial charge in [-0.15, -0.1) is 0 Å². The largest absolute Gasteiger partial charge is 0.491 e. The van der Waals surface area contributed by atoms with Gasteiger partial charge in [0.15, 0.2) is 0 Å². The number of rotatable bonds is 7. The Kier molecular flexibility index (Phi) is 5.38. The van der Waals surface area contributed by atoms with Gasteiger partial charge in [-0.25, -0.2) is 0 Å². The molecule has 0 saturated carbocycles. The minimum absolute atomic E-state index is 0.0758. The minimum Gasteiger partial charge on any atom is -0.491 e. The van der Waals surface area contributed by atoms with E-state index in [-0.39, 0.29) is 5.69 Å². The van der Waals surface area contributed by atoms with E-state index in [0.717, 1.165) is 0 Å². The third-order valence-corrected chi connectivity index (χ3v) is 2.07. The Morgan fingerprint density at radius 1 is 1.33 bits per heavy atom. The highest BCUT2D eigenvalue weighted by atomic mass is 16.6. The fraction of sp³-hybridized carbons (Fsp3) is 0.500. The number of nitro benzene ring substituents is 1. The van der Waals surface area contributed by atoms with E-state index < -0.39 is 4.92 Å². The summed E-state index contributed by atoms with van der Waals surface area (Å²) in [4.78, 5) is 10.1. The van der Waals surface area contributed by atoms with Gasteiger partial charge in [-0.1, -0.05) is 13.8 Å². The van der Waals surface area contributed by atoms with Crippen molar-refractivity contribution in [2.24, 2.45) is 5.92 Å². The van der Waals surface area contributed by atoms with Crippen LogP contribution >= 0.6 is 0 Å². The molecule has 1 rings (SSSR count). The number of benzene rings is 1. The van der Waals surface area contributed by atoms with Crippen LogP contribution < -0.4 is 10.5 Å². The molecule has 6 nitrogen and oxygen atoms in total. The van der Waals surface area contributed by atoms with Crippen molar-refractivity contribution in [1.29, 1.82) is 0 Å². The molecule has 0 radical (unpaired) electrons. The highest BCUT2D eigenvalue weighted by Gasteiger charge is 2.09. The van der Waals surface area contributed by atoms with Crippen molar-refractivity contribution < 1.29 is 14.4 Å². The number of ether oxygens (including phenoxy) is 2. The van der Waals surface area contributed by atoms with Crippen LogP contribution in [0.25, 0.3) is 0 Å². The van der Waals surface area contributed by atoms with Gasteiger partial charge in [0.1, 0.15) is 12.4 Å². The number of nitrogens with two attached hydrogens (primary N) is 1. The van der Waals surface area contributed by atoms with Crippen LogP contribution in [0.4, 0.5) is 11.4 Å². The Labute approximate surface area is 106 Å². The third kappa shape index (κ3) is 5.01. The molecule has 0 amide bonds. The minimum atomic E-state index is -0.502. The van der Waals surface area contributed by atoms with Gasteiger partial charge in [0, 0.05) is 24.4 Å². The average Bonchev–Trinajstić information content (AvgIpc) is 2.27. The molecule has 0 aliphatic rings. The molecule has 1 aromatic rings. The smallest absolute Gasteiger partial charge is 0.275 e. The predicted octanol–water partition coefficient (Wildman–Crippen LogP) is 2.23. The van der Waals surface area contributed by atoms with E-state index >= 15 is 0 Å². The normalized spacial score (nSPS) is 10.6. The van der Waals surface area contributed by atoms with E-state index in [1.165, 1.54) is 12.1 Å². The summed E-state index contributed by atoms with van der Waals surface area (Å²) in [5, 5.41) is 10.6. The van der Waals surface area contributed by atoms with E-state index in [1.54, 1.807) is 6.07 Å². The van der Waals surface area contributed by atoms with Crippen LogP contribution in [-0.4, -0.2) is 24.7 Å².